The zero-order valence-corrected chi connectivity index (χ0v) is 12.8. The third-order valence-corrected chi connectivity index (χ3v) is 3.48. The smallest absolute Gasteiger partial charge is 0.244 e. The molecule has 2 N–H and O–H groups in total. The van der Waals surface area contributed by atoms with Crippen molar-refractivity contribution < 1.29 is 4.52 Å². The van der Waals surface area contributed by atoms with Crippen LogP contribution in [0.2, 0.25) is 0 Å². The molecule has 0 unspecified atom stereocenters. The van der Waals surface area contributed by atoms with Gasteiger partial charge >= 0.3 is 0 Å². The van der Waals surface area contributed by atoms with Crippen LogP contribution < -0.4 is 5.73 Å². The van der Waals surface area contributed by atoms with Crippen molar-refractivity contribution in [1.82, 2.24) is 10.1 Å². The summed E-state index contributed by atoms with van der Waals surface area (Å²) in [6.07, 6.45) is 0. The molecule has 0 fully saturated rings. The lowest BCUT2D eigenvalue weighted by atomic mass is 9.87. The van der Waals surface area contributed by atoms with Crippen LogP contribution in [0.3, 0.4) is 0 Å². The molecule has 108 valence electrons. The number of nitrogens with zero attached hydrogens (tertiary/aromatic N) is 2. The highest BCUT2D eigenvalue weighted by atomic mass is 16.5. The molecule has 2 rings (SSSR count). The van der Waals surface area contributed by atoms with E-state index in [9.17, 15) is 0 Å². The zero-order valence-electron chi connectivity index (χ0n) is 12.8. The molecule has 4 nitrogen and oxygen atoms in total. The summed E-state index contributed by atoms with van der Waals surface area (Å²) in [5.41, 5.74) is 8.27. The van der Waals surface area contributed by atoms with Crippen LogP contribution in [0.25, 0.3) is 11.4 Å². The minimum absolute atomic E-state index is 0.106. The quantitative estimate of drug-likeness (QED) is 0.921. The Labute approximate surface area is 120 Å². The van der Waals surface area contributed by atoms with Crippen LogP contribution in [0.1, 0.15) is 58.0 Å². The van der Waals surface area contributed by atoms with Gasteiger partial charge in [-0.05, 0) is 16.9 Å². The van der Waals surface area contributed by atoms with Gasteiger partial charge in [-0.25, -0.2) is 0 Å². The summed E-state index contributed by atoms with van der Waals surface area (Å²) >= 11 is 0. The van der Waals surface area contributed by atoms with E-state index in [1.165, 1.54) is 5.56 Å². The Morgan fingerprint density at radius 1 is 1.10 bits per heavy atom. The molecule has 1 atom stereocenters. The monoisotopic (exact) mass is 273 g/mol. The lowest BCUT2D eigenvalue weighted by Crippen LogP contribution is -2.26. The normalized spacial score (nSPS) is 13.8. The van der Waals surface area contributed by atoms with E-state index < -0.39 is 0 Å². The Bertz CT molecular complexity index is 564. The first-order valence-corrected chi connectivity index (χ1v) is 6.98. The molecule has 0 radical (unpaired) electrons. The summed E-state index contributed by atoms with van der Waals surface area (Å²) in [6.45, 7) is 10.5. The van der Waals surface area contributed by atoms with Crippen LogP contribution in [0.4, 0.5) is 0 Å². The first-order valence-electron chi connectivity index (χ1n) is 6.98. The summed E-state index contributed by atoms with van der Waals surface area (Å²) in [5.74, 6) is 1.59. The number of hydrogen-bond acceptors (Lipinski definition) is 4. The van der Waals surface area contributed by atoms with Gasteiger partial charge in [0.15, 0.2) is 0 Å². The molecule has 0 bridgehead atoms. The van der Waals surface area contributed by atoms with Gasteiger partial charge in [-0.3, -0.25) is 0 Å². The van der Waals surface area contributed by atoms with Gasteiger partial charge < -0.3 is 10.3 Å². The highest BCUT2D eigenvalue weighted by Crippen LogP contribution is 2.30. The maximum absolute atomic E-state index is 6.13. The van der Waals surface area contributed by atoms with Crippen molar-refractivity contribution in [3.05, 3.63) is 35.7 Å². The van der Waals surface area contributed by atoms with Crippen molar-refractivity contribution in [3.8, 4) is 11.4 Å². The average molecular weight is 273 g/mol. The van der Waals surface area contributed by atoms with Crippen LogP contribution in [0, 0.1) is 5.41 Å². The molecular weight excluding hydrogens is 250 g/mol. The SMILES string of the molecule is CC(C)c1ccc(-c2noc([C@@H](N)C(C)(C)C)n2)cc1. The minimum atomic E-state index is -0.265. The molecule has 2 aromatic rings. The Hall–Kier alpha value is -1.68. The molecule has 1 aromatic carbocycles. The minimum Gasteiger partial charge on any atom is -0.337 e. The van der Waals surface area contributed by atoms with E-state index in [1.54, 1.807) is 0 Å². The molecular formula is C16H23N3O. The van der Waals surface area contributed by atoms with E-state index in [0.717, 1.165) is 5.56 Å². The molecule has 4 heteroatoms. The zero-order chi connectivity index (χ0) is 14.9. The fraction of sp³-hybridized carbons (Fsp3) is 0.500. The molecule has 0 amide bonds. The maximum Gasteiger partial charge on any atom is 0.244 e. The van der Waals surface area contributed by atoms with Crippen LogP contribution in [0.5, 0.6) is 0 Å². The van der Waals surface area contributed by atoms with Gasteiger partial charge in [0.25, 0.3) is 0 Å². The Balaban J connectivity index is 2.24. The Morgan fingerprint density at radius 2 is 1.70 bits per heavy atom. The molecule has 1 heterocycles. The van der Waals surface area contributed by atoms with Gasteiger partial charge in [-0.15, -0.1) is 0 Å². The van der Waals surface area contributed by atoms with Crippen molar-refractivity contribution in [2.24, 2.45) is 11.1 Å². The van der Waals surface area contributed by atoms with Gasteiger partial charge in [-0.1, -0.05) is 64.0 Å². The van der Waals surface area contributed by atoms with E-state index in [-0.39, 0.29) is 11.5 Å². The van der Waals surface area contributed by atoms with Gasteiger partial charge in [-0.2, -0.15) is 4.98 Å². The molecule has 0 aliphatic carbocycles. The predicted octanol–water partition coefficient (Wildman–Crippen LogP) is 3.91. The molecule has 1 aromatic heterocycles. The van der Waals surface area contributed by atoms with E-state index in [2.05, 4.69) is 56.9 Å². The number of benzene rings is 1. The van der Waals surface area contributed by atoms with E-state index in [4.69, 9.17) is 10.3 Å². The molecule has 20 heavy (non-hydrogen) atoms. The van der Waals surface area contributed by atoms with Crippen LogP contribution >= 0.6 is 0 Å². The lowest BCUT2D eigenvalue weighted by molar-refractivity contribution is 0.253. The fourth-order valence-electron chi connectivity index (χ4n) is 1.87. The third-order valence-electron chi connectivity index (χ3n) is 3.48. The van der Waals surface area contributed by atoms with Crippen molar-refractivity contribution >= 4 is 0 Å². The van der Waals surface area contributed by atoms with Crippen LogP contribution in [-0.2, 0) is 0 Å². The molecule has 0 saturated carbocycles. The topological polar surface area (TPSA) is 64.9 Å². The van der Waals surface area contributed by atoms with Crippen molar-refractivity contribution in [3.63, 3.8) is 0 Å². The van der Waals surface area contributed by atoms with Crippen molar-refractivity contribution in [2.75, 3.05) is 0 Å². The average Bonchev–Trinajstić information content (AvgIpc) is 2.86. The summed E-state index contributed by atoms with van der Waals surface area (Å²) < 4.78 is 5.30. The standard InChI is InChI=1S/C16H23N3O/c1-10(2)11-6-8-12(9-7-11)14-18-15(20-19-14)13(17)16(3,4)5/h6-10,13H,17H2,1-5H3/t13-/m1/s1. The first kappa shape index (κ1) is 14.7. The van der Waals surface area contributed by atoms with Crippen molar-refractivity contribution in [1.29, 1.82) is 0 Å². The highest BCUT2D eigenvalue weighted by molar-refractivity contribution is 5.54. The van der Waals surface area contributed by atoms with E-state index in [1.807, 2.05) is 12.1 Å². The first-order chi connectivity index (χ1) is 9.29. The van der Waals surface area contributed by atoms with Gasteiger partial charge in [0.05, 0.1) is 6.04 Å². The third kappa shape index (κ3) is 3.07. The second kappa shape index (κ2) is 5.37. The van der Waals surface area contributed by atoms with Gasteiger partial charge in [0, 0.05) is 5.56 Å². The summed E-state index contributed by atoms with van der Waals surface area (Å²) in [4.78, 5) is 4.42. The summed E-state index contributed by atoms with van der Waals surface area (Å²) in [6, 6.07) is 7.97. The number of hydrogen-bond donors (Lipinski definition) is 1. The summed E-state index contributed by atoms with van der Waals surface area (Å²) in [7, 11) is 0. The predicted molar refractivity (Wildman–Crippen MR) is 80.2 cm³/mol. The second-order valence-corrected chi connectivity index (χ2v) is 6.58. The number of aromatic nitrogens is 2. The number of nitrogens with two attached hydrogens (primary N) is 1. The Kier molecular flexibility index (Phi) is 3.95. The number of rotatable bonds is 3. The summed E-state index contributed by atoms with van der Waals surface area (Å²) in [5, 5.41) is 4.03. The second-order valence-electron chi connectivity index (χ2n) is 6.58. The van der Waals surface area contributed by atoms with Gasteiger partial charge in [0.2, 0.25) is 11.7 Å². The maximum atomic E-state index is 6.13. The van der Waals surface area contributed by atoms with Crippen LogP contribution in [0.15, 0.2) is 28.8 Å². The van der Waals surface area contributed by atoms with E-state index >= 15 is 0 Å². The van der Waals surface area contributed by atoms with Crippen LogP contribution in [-0.4, -0.2) is 10.1 Å². The molecule has 0 saturated heterocycles. The highest BCUT2D eigenvalue weighted by Gasteiger charge is 2.27. The Morgan fingerprint density at radius 3 is 2.20 bits per heavy atom. The largest absolute Gasteiger partial charge is 0.337 e. The lowest BCUT2D eigenvalue weighted by Gasteiger charge is -2.23. The fourth-order valence-corrected chi connectivity index (χ4v) is 1.87. The molecule has 0 aliphatic heterocycles. The van der Waals surface area contributed by atoms with Gasteiger partial charge in [0.1, 0.15) is 0 Å². The van der Waals surface area contributed by atoms with Crippen molar-refractivity contribution in [2.45, 2.75) is 46.6 Å². The van der Waals surface area contributed by atoms with E-state index in [0.29, 0.717) is 17.6 Å². The molecule has 0 spiro atoms. The molecule has 0 aliphatic rings.